The number of carbonyl (C=O) groups is 1. The lowest BCUT2D eigenvalue weighted by atomic mass is 9.91. The smallest absolute Gasteiger partial charge is 0.316 e. The molecule has 0 bridgehead atoms. The van der Waals surface area contributed by atoms with Gasteiger partial charge in [0.1, 0.15) is 11.1 Å². The highest BCUT2D eigenvalue weighted by atomic mass is 32.2. The molecule has 0 unspecified atom stereocenters. The molecule has 0 amide bonds. The number of fused-ring (bicyclic) bond motifs is 1. The first-order valence-corrected chi connectivity index (χ1v) is 11.1. The summed E-state index contributed by atoms with van der Waals surface area (Å²) in [6.07, 6.45) is 0.577. The molecule has 0 spiro atoms. The van der Waals surface area contributed by atoms with E-state index in [0.29, 0.717) is 28.6 Å². The largest absolute Gasteiger partial charge is 0.493 e. The third kappa shape index (κ3) is 4.94. The number of aromatic nitrogens is 1. The molecule has 2 aromatic rings. The van der Waals surface area contributed by atoms with E-state index in [0.717, 1.165) is 35.3 Å². The number of nitrogens with zero attached hydrogens (tertiary/aromatic N) is 3. The second-order valence-electron chi connectivity index (χ2n) is 7.56. The third-order valence-corrected chi connectivity index (χ3v) is 5.94. The molecule has 0 saturated carbocycles. The van der Waals surface area contributed by atoms with Crippen molar-refractivity contribution in [3.05, 3.63) is 35.0 Å². The molecule has 3 rings (SSSR count). The highest BCUT2D eigenvalue weighted by Gasteiger charge is 2.27. The number of carbonyl (C=O) groups excluding carboxylic acids is 1. The SMILES string of the molecule is COc1cccc(-c2c(C#N)c(SCC(=O)OC(C)C)nc3c2CN(C)CC3)c1OC. The number of benzene rings is 1. The standard InChI is InChI=1S/C23H27N3O4S/c1-14(2)30-20(27)13-31-23-16(11-24)21(17-12-26(3)10-9-18(17)25-23)15-7-6-8-19(28-4)22(15)29-5/h6-8,14H,9-10,12-13H2,1-5H3. The van der Waals surface area contributed by atoms with Gasteiger partial charge >= 0.3 is 5.97 Å². The van der Waals surface area contributed by atoms with E-state index in [1.165, 1.54) is 11.8 Å². The van der Waals surface area contributed by atoms with Crippen molar-refractivity contribution in [1.29, 1.82) is 5.26 Å². The number of thioether (sulfide) groups is 1. The van der Waals surface area contributed by atoms with Gasteiger partial charge in [-0.15, -0.1) is 0 Å². The average Bonchev–Trinajstić information content (AvgIpc) is 2.75. The highest BCUT2D eigenvalue weighted by Crippen LogP contribution is 2.44. The third-order valence-electron chi connectivity index (χ3n) is 4.99. The molecule has 0 aliphatic carbocycles. The molecule has 1 aromatic carbocycles. The van der Waals surface area contributed by atoms with Gasteiger partial charge in [0, 0.05) is 36.3 Å². The second-order valence-corrected chi connectivity index (χ2v) is 8.52. The summed E-state index contributed by atoms with van der Waals surface area (Å²) in [6.45, 7) is 5.17. The van der Waals surface area contributed by atoms with Crippen LogP contribution < -0.4 is 9.47 Å². The van der Waals surface area contributed by atoms with Gasteiger partial charge in [-0.05, 0) is 32.5 Å². The molecule has 31 heavy (non-hydrogen) atoms. The zero-order valence-corrected chi connectivity index (χ0v) is 19.3. The molecule has 1 aliphatic rings. The maximum Gasteiger partial charge on any atom is 0.316 e. The lowest BCUT2D eigenvalue weighted by Gasteiger charge is -2.28. The molecule has 0 radical (unpaired) electrons. The van der Waals surface area contributed by atoms with Crippen molar-refractivity contribution < 1.29 is 19.0 Å². The van der Waals surface area contributed by atoms with Crippen LogP contribution in [-0.4, -0.2) is 55.5 Å². The van der Waals surface area contributed by atoms with Crippen molar-refractivity contribution in [2.75, 3.05) is 33.6 Å². The van der Waals surface area contributed by atoms with Crippen LogP contribution in [-0.2, 0) is 22.5 Å². The predicted octanol–water partition coefficient (Wildman–Crippen LogP) is 3.67. The number of hydrogen-bond donors (Lipinski definition) is 0. The molecule has 0 N–H and O–H groups in total. The van der Waals surface area contributed by atoms with Crippen LogP contribution >= 0.6 is 11.8 Å². The van der Waals surface area contributed by atoms with Gasteiger partial charge in [-0.1, -0.05) is 23.9 Å². The van der Waals surface area contributed by atoms with Crippen molar-refractivity contribution in [3.63, 3.8) is 0 Å². The number of para-hydroxylation sites is 1. The Morgan fingerprint density at radius 2 is 2.10 bits per heavy atom. The minimum Gasteiger partial charge on any atom is -0.493 e. The van der Waals surface area contributed by atoms with Crippen LogP contribution in [0.2, 0.25) is 0 Å². The van der Waals surface area contributed by atoms with Gasteiger partial charge in [-0.25, -0.2) is 4.98 Å². The topological polar surface area (TPSA) is 84.7 Å². The molecule has 0 fully saturated rings. The summed E-state index contributed by atoms with van der Waals surface area (Å²) >= 11 is 1.23. The van der Waals surface area contributed by atoms with E-state index in [2.05, 4.69) is 11.0 Å². The minimum atomic E-state index is -0.330. The normalized spacial score (nSPS) is 13.5. The monoisotopic (exact) mass is 441 g/mol. The van der Waals surface area contributed by atoms with E-state index in [1.807, 2.05) is 39.1 Å². The Morgan fingerprint density at radius 1 is 1.32 bits per heavy atom. The van der Waals surface area contributed by atoms with Crippen LogP contribution in [0, 0.1) is 11.3 Å². The molecule has 2 heterocycles. The Hall–Kier alpha value is -2.76. The fourth-order valence-electron chi connectivity index (χ4n) is 3.68. The van der Waals surface area contributed by atoms with Crippen LogP contribution in [0.15, 0.2) is 23.2 Å². The summed E-state index contributed by atoms with van der Waals surface area (Å²) in [6, 6.07) is 7.96. The lowest BCUT2D eigenvalue weighted by molar-refractivity contribution is -0.144. The Morgan fingerprint density at radius 3 is 2.74 bits per heavy atom. The molecular formula is C23H27N3O4S. The van der Waals surface area contributed by atoms with Gasteiger partial charge in [-0.2, -0.15) is 5.26 Å². The summed E-state index contributed by atoms with van der Waals surface area (Å²) < 4.78 is 16.4. The highest BCUT2D eigenvalue weighted by molar-refractivity contribution is 7.99. The first-order chi connectivity index (χ1) is 14.9. The van der Waals surface area contributed by atoms with E-state index in [4.69, 9.17) is 19.2 Å². The quantitative estimate of drug-likeness (QED) is 0.475. The van der Waals surface area contributed by atoms with E-state index < -0.39 is 0 Å². The van der Waals surface area contributed by atoms with Crippen molar-refractivity contribution in [3.8, 4) is 28.7 Å². The zero-order chi connectivity index (χ0) is 22.5. The number of methoxy groups -OCH3 is 2. The predicted molar refractivity (Wildman–Crippen MR) is 119 cm³/mol. The van der Waals surface area contributed by atoms with Gasteiger partial charge in [-0.3, -0.25) is 4.79 Å². The van der Waals surface area contributed by atoms with Crippen LogP contribution in [0.3, 0.4) is 0 Å². The number of likely N-dealkylation sites (N-methyl/N-ethyl adjacent to an activating group) is 1. The van der Waals surface area contributed by atoms with Crippen LogP contribution in [0.4, 0.5) is 0 Å². The summed E-state index contributed by atoms with van der Waals surface area (Å²) in [7, 11) is 5.22. The first-order valence-electron chi connectivity index (χ1n) is 10.1. The van der Waals surface area contributed by atoms with Gasteiger partial charge < -0.3 is 19.1 Å². The number of hydrogen-bond acceptors (Lipinski definition) is 8. The zero-order valence-electron chi connectivity index (χ0n) is 18.5. The first kappa shape index (κ1) is 22.9. The fourth-order valence-corrected chi connectivity index (χ4v) is 4.47. The number of pyridine rings is 1. The second kappa shape index (κ2) is 10.0. The molecule has 1 aromatic heterocycles. The molecule has 0 atom stereocenters. The molecular weight excluding hydrogens is 414 g/mol. The van der Waals surface area contributed by atoms with Gasteiger partial charge in [0.15, 0.2) is 11.5 Å². The van der Waals surface area contributed by atoms with Crippen LogP contribution in [0.5, 0.6) is 11.5 Å². The Bertz CT molecular complexity index is 1020. The maximum atomic E-state index is 12.1. The van der Waals surface area contributed by atoms with Crippen LogP contribution in [0.1, 0.15) is 30.7 Å². The number of ether oxygens (including phenoxy) is 3. The van der Waals surface area contributed by atoms with Gasteiger partial charge in [0.2, 0.25) is 0 Å². The van der Waals surface area contributed by atoms with Gasteiger partial charge in [0.25, 0.3) is 0 Å². The maximum absolute atomic E-state index is 12.1. The van der Waals surface area contributed by atoms with E-state index in [1.54, 1.807) is 14.2 Å². The Labute approximate surface area is 187 Å². The Balaban J connectivity index is 2.18. The van der Waals surface area contributed by atoms with E-state index in [-0.39, 0.29) is 17.8 Å². The molecule has 7 nitrogen and oxygen atoms in total. The van der Waals surface area contributed by atoms with Crippen molar-refractivity contribution in [2.45, 2.75) is 37.9 Å². The number of esters is 1. The average molecular weight is 442 g/mol. The lowest BCUT2D eigenvalue weighted by Crippen LogP contribution is -2.28. The van der Waals surface area contributed by atoms with Crippen molar-refractivity contribution in [2.24, 2.45) is 0 Å². The molecule has 8 heteroatoms. The van der Waals surface area contributed by atoms with Crippen molar-refractivity contribution in [1.82, 2.24) is 9.88 Å². The summed E-state index contributed by atoms with van der Waals surface area (Å²) in [4.78, 5) is 19.1. The molecule has 164 valence electrons. The van der Waals surface area contributed by atoms with E-state index >= 15 is 0 Å². The number of nitriles is 1. The van der Waals surface area contributed by atoms with E-state index in [9.17, 15) is 10.1 Å². The summed E-state index contributed by atoms with van der Waals surface area (Å²) in [5.41, 5.74) is 3.94. The fraction of sp³-hybridized carbons (Fsp3) is 0.435. The van der Waals surface area contributed by atoms with Crippen molar-refractivity contribution >= 4 is 17.7 Å². The molecule has 0 saturated heterocycles. The minimum absolute atomic E-state index is 0.0905. The Kier molecular flexibility index (Phi) is 7.42. The summed E-state index contributed by atoms with van der Waals surface area (Å²) in [5.74, 6) is 0.919. The molecule has 1 aliphatic heterocycles. The van der Waals surface area contributed by atoms with Gasteiger partial charge in [0.05, 0.1) is 31.6 Å². The number of rotatable bonds is 7. The summed E-state index contributed by atoms with van der Waals surface area (Å²) in [5, 5.41) is 10.7. The van der Waals surface area contributed by atoms with Crippen LogP contribution in [0.25, 0.3) is 11.1 Å².